The Morgan fingerprint density at radius 2 is 1.59 bits per heavy atom. The average Bonchev–Trinajstić information content (AvgIpc) is 2.64. The number of rotatable bonds is 6. The van der Waals surface area contributed by atoms with E-state index in [0.717, 1.165) is 16.7 Å². The minimum atomic E-state index is 0. The molecule has 144 valence electrons. The van der Waals surface area contributed by atoms with E-state index in [9.17, 15) is 10.5 Å². The van der Waals surface area contributed by atoms with Gasteiger partial charge in [-0.1, -0.05) is 31.2 Å². The number of aromatic nitrogens is 1. The number of pyridine rings is 1. The lowest BCUT2D eigenvalue weighted by molar-refractivity contribution is 0.964. The molecule has 1 heterocycles. The molecule has 0 aliphatic carbocycles. The lowest BCUT2D eigenvalue weighted by atomic mass is 10.0. The van der Waals surface area contributed by atoms with Gasteiger partial charge in [-0.3, -0.25) is 0 Å². The molecule has 2 rings (SSSR count). The predicted octanol–water partition coefficient (Wildman–Crippen LogP) is 4.05. The zero-order chi connectivity index (χ0) is 18.4. The zero-order valence-corrected chi connectivity index (χ0v) is 18.0. The molecule has 5 nitrogen and oxygen atoms in total. The molecule has 2 N–H and O–H groups in total. The maximum atomic E-state index is 9.61. The van der Waals surface area contributed by atoms with Gasteiger partial charge in [-0.15, -0.1) is 36.6 Å². The second-order valence-corrected chi connectivity index (χ2v) is 6.71. The van der Waals surface area contributed by atoms with Crippen LogP contribution in [0.4, 0.5) is 5.82 Å². The van der Waals surface area contributed by atoms with Gasteiger partial charge in [-0.05, 0) is 23.1 Å². The minimum absolute atomic E-state index is 0. The van der Waals surface area contributed by atoms with Crippen LogP contribution in [0, 0.1) is 22.7 Å². The fourth-order valence-electron chi connectivity index (χ4n) is 2.53. The summed E-state index contributed by atoms with van der Waals surface area (Å²) >= 11 is 1.52. The topological polar surface area (TPSA) is 89.7 Å². The number of nitriles is 2. The minimum Gasteiger partial charge on any atom is -0.362 e. The summed E-state index contributed by atoms with van der Waals surface area (Å²) in [5, 5.41) is 19.8. The quantitative estimate of drug-likeness (QED) is 0.704. The van der Waals surface area contributed by atoms with E-state index in [4.69, 9.17) is 5.73 Å². The molecule has 0 aliphatic heterocycles. The number of nitrogens with zero attached hydrogens (tertiary/aromatic N) is 4. The van der Waals surface area contributed by atoms with Crippen LogP contribution < -0.4 is 10.6 Å². The van der Waals surface area contributed by atoms with E-state index in [1.54, 1.807) is 0 Å². The number of benzene rings is 1. The maximum Gasteiger partial charge on any atom is 0.147 e. The second kappa shape index (κ2) is 11.7. The normalized spacial score (nSPS) is 9.41. The van der Waals surface area contributed by atoms with Gasteiger partial charge in [0, 0.05) is 26.4 Å². The molecule has 1 aromatic carbocycles. The van der Waals surface area contributed by atoms with Crippen LogP contribution in [0.1, 0.15) is 34.7 Å². The van der Waals surface area contributed by atoms with Gasteiger partial charge in [-0.2, -0.15) is 10.5 Å². The van der Waals surface area contributed by atoms with Crippen molar-refractivity contribution < 1.29 is 0 Å². The van der Waals surface area contributed by atoms with Crippen molar-refractivity contribution in [2.24, 2.45) is 5.73 Å². The molecule has 0 saturated heterocycles. The Balaban J connectivity index is 0.00000338. The van der Waals surface area contributed by atoms with Crippen molar-refractivity contribution in [2.75, 3.05) is 19.0 Å². The molecule has 0 aliphatic rings. The van der Waals surface area contributed by atoms with Gasteiger partial charge in [-0.25, -0.2) is 4.98 Å². The summed E-state index contributed by atoms with van der Waals surface area (Å²) in [6.07, 6.45) is 0.619. The summed E-state index contributed by atoms with van der Waals surface area (Å²) in [6.45, 7) is 2.48. The van der Waals surface area contributed by atoms with Crippen molar-refractivity contribution in [1.29, 1.82) is 10.5 Å². The lowest BCUT2D eigenvalue weighted by Crippen LogP contribution is -2.15. The van der Waals surface area contributed by atoms with Crippen molar-refractivity contribution in [1.82, 2.24) is 4.98 Å². The van der Waals surface area contributed by atoms with Crippen molar-refractivity contribution in [3.63, 3.8) is 0 Å². The lowest BCUT2D eigenvalue weighted by Gasteiger charge is -2.18. The number of hydrogen-bond donors (Lipinski definition) is 1. The third-order valence-electron chi connectivity index (χ3n) is 3.88. The standard InChI is InChI=1S/C19H21N5S.2ClH/c1-4-15-16(10-21)18(24(2)3)23-19(17(15)11-22)25-12-14-7-5-13(9-20)6-8-14;;/h5-8H,4,9,12,20H2,1-3H3;2*1H. The van der Waals surface area contributed by atoms with Gasteiger partial charge in [0.05, 0.1) is 11.1 Å². The Bertz CT molecular complexity index is 839. The highest BCUT2D eigenvalue weighted by molar-refractivity contribution is 7.98. The summed E-state index contributed by atoms with van der Waals surface area (Å²) < 4.78 is 0. The van der Waals surface area contributed by atoms with Crippen molar-refractivity contribution >= 4 is 42.4 Å². The van der Waals surface area contributed by atoms with Crippen LogP contribution in [-0.4, -0.2) is 19.1 Å². The van der Waals surface area contributed by atoms with E-state index < -0.39 is 0 Å². The van der Waals surface area contributed by atoms with Crippen molar-refractivity contribution in [2.45, 2.75) is 30.7 Å². The van der Waals surface area contributed by atoms with Gasteiger partial charge in [0.1, 0.15) is 23.0 Å². The Kier molecular flexibility index (Phi) is 10.8. The molecule has 0 amide bonds. The SMILES string of the molecule is CCc1c(C#N)c(SCc2ccc(CN)cc2)nc(N(C)C)c1C#N.Cl.Cl. The first-order chi connectivity index (χ1) is 12.0. The molecule has 0 bridgehead atoms. The monoisotopic (exact) mass is 423 g/mol. The van der Waals surface area contributed by atoms with Crippen LogP contribution in [0.15, 0.2) is 29.3 Å². The van der Waals surface area contributed by atoms with Crippen LogP contribution in [-0.2, 0) is 18.7 Å². The van der Waals surface area contributed by atoms with Crippen LogP contribution in [0.5, 0.6) is 0 Å². The molecule has 0 atom stereocenters. The van der Waals surface area contributed by atoms with Crippen molar-refractivity contribution in [3.05, 3.63) is 52.1 Å². The molecule has 8 heteroatoms. The van der Waals surface area contributed by atoms with Crippen molar-refractivity contribution in [3.8, 4) is 12.1 Å². The van der Waals surface area contributed by atoms with Gasteiger partial charge in [0.15, 0.2) is 0 Å². The van der Waals surface area contributed by atoms with E-state index >= 15 is 0 Å². The molecule has 0 radical (unpaired) electrons. The van der Waals surface area contributed by atoms with Crippen LogP contribution in [0.3, 0.4) is 0 Å². The fraction of sp³-hybridized carbons (Fsp3) is 0.316. The molecule has 0 spiro atoms. The first kappa shape index (κ1) is 25.0. The number of nitrogens with two attached hydrogens (primary N) is 1. The summed E-state index contributed by atoms with van der Waals surface area (Å²) in [6, 6.07) is 12.5. The van der Waals surface area contributed by atoms with Crippen LogP contribution in [0.25, 0.3) is 0 Å². The Hall–Kier alpha value is -1.96. The highest BCUT2D eigenvalue weighted by atomic mass is 35.5. The van der Waals surface area contributed by atoms with Gasteiger partial charge in [0.25, 0.3) is 0 Å². The van der Waals surface area contributed by atoms with E-state index in [2.05, 4.69) is 17.1 Å². The number of thioether (sulfide) groups is 1. The van der Waals surface area contributed by atoms with E-state index in [0.29, 0.717) is 40.7 Å². The summed E-state index contributed by atoms with van der Waals surface area (Å²) in [4.78, 5) is 6.41. The molecule has 2 aromatic rings. The summed E-state index contributed by atoms with van der Waals surface area (Å²) in [7, 11) is 3.71. The maximum absolute atomic E-state index is 9.61. The number of anilines is 1. The first-order valence-corrected chi connectivity index (χ1v) is 8.99. The van der Waals surface area contributed by atoms with Crippen LogP contribution in [0.2, 0.25) is 0 Å². The summed E-state index contributed by atoms with van der Waals surface area (Å²) in [5.41, 5.74) is 9.62. The predicted molar refractivity (Wildman–Crippen MR) is 116 cm³/mol. The molecule has 0 saturated carbocycles. The average molecular weight is 424 g/mol. The van der Waals surface area contributed by atoms with E-state index in [1.165, 1.54) is 11.8 Å². The van der Waals surface area contributed by atoms with Gasteiger partial charge < -0.3 is 10.6 Å². The highest BCUT2D eigenvalue weighted by Gasteiger charge is 2.20. The zero-order valence-electron chi connectivity index (χ0n) is 15.5. The third kappa shape index (κ3) is 5.76. The fourth-order valence-corrected chi connectivity index (χ4v) is 3.49. The molecular formula is C19H23Cl2N5S. The Morgan fingerprint density at radius 3 is 2.04 bits per heavy atom. The van der Waals surface area contributed by atoms with Crippen LogP contribution >= 0.6 is 36.6 Å². The largest absolute Gasteiger partial charge is 0.362 e. The molecule has 0 unspecified atom stereocenters. The van der Waals surface area contributed by atoms with Gasteiger partial charge in [0.2, 0.25) is 0 Å². The number of halogens is 2. The third-order valence-corrected chi connectivity index (χ3v) is 4.93. The molecular weight excluding hydrogens is 401 g/mol. The van der Waals surface area contributed by atoms with E-state index in [1.807, 2.05) is 50.2 Å². The molecule has 27 heavy (non-hydrogen) atoms. The second-order valence-electron chi connectivity index (χ2n) is 5.75. The highest BCUT2D eigenvalue weighted by Crippen LogP contribution is 2.32. The number of hydrogen-bond acceptors (Lipinski definition) is 6. The molecule has 0 fully saturated rings. The molecule has 1 aromatic heterocycles. The first-order valence-electron chi connectivity index (χ1n) is 8.00. The Morgan fingerprint density at radius 1 is 1.04 bits per heavy atom. The smallest absolute Gasteiger partial charge is 0.147 e. The Labute approximate surface area is 177 Å². The summed E-state index contributed by atoms with van der Waals surface area (Å²) in [5.74, 6) is 1.31. The van der Waals surface area contributed by atoms with E-state index in [-0.39, 0.29) is 24.8 Å². The van der Waals surface area contributed by atoms with Gasteiger partial charge >= 0.3 is 0 Å².